The van der Waals surface area contributed by atoms with E-state index >= 15 is 0 Å². The van der Waals surface area contributed by atoms with Crippen molar-refractivity contribution in [2.45, 2.75) is 0 Å². The second-order valence-corrected chi connectivity index (χ2v) is 3.52. The Hall–Kier alpha value is -1.47. The molecule has 7 heteroatoms. The molecule has 1 rings (SSSR count). The van der Waals surface area contributed by atoms with Crippen LogP contribution in [0.25, 0.3) is 0 Å². The maximum atomic E-state index is 13.3. The first-order valence-electron chi connectivity index (χ1n) is 5.27. The molecule has 0 saturated carbocycles. The Morgan fingerprint density at radius 1 is 1.47 bits per heavy atom. The van der Waals surface area contributed by atoms with Crippen molar-refractivity contribution in [3.8, 4) is 0 Å². The minimum atomic E-state index is -0.461. The standard InChI is InChI=1S/C10H17FN4O2/c1-15(2)9-8(11)7-13-10(14-9)12-3-5-17-6-4-16/h7,16H,3-6H2,1-2H3,(H,12,13,14). The lowest BCUT2D eigenvalue weighted by atomic mass is 10.5. The molecule has 0 spiro atoms. The van der Waals surface area contributed by atoms with Gasteiger partial charge in [-0.1, -0.05) is 0 Å². The van der Waals surface area contributed by atoms with Gasteiger partial charge in [0.15, 0.2) is 11.6 Å². The third-order valence-corrected chi connectivity index (χ3v) is 1.91. The van der Waals surface area contributed by atoms with E-state index in [1.807, 2.05) is 0 Å². The number of aliphatic hydroxyl groups excluding tert-OH is 1. The van der Waals surface area contributed by atoms with Gasteiger partial charge in [0, 0.05) is 20.6 Å². The highest BCUT2D eigenvalue weighted by atomic mass is 19.1. The van der Waals surface area contributed by atoms with Gasteiger partial charge in [-0.25, -0.2) is 9.37 Å². The molecule has 0 aliphatic carbocycles. The fraction of sp³-hybridized carbons (Fsp3) is 0.600. The van der Waals surface area contributed by atoms with Crippen LogP contribution >= 0.6 is 0 Å². The summed E-state index contributed by atoms with van der Waals surface area (Å²) in [5.41, 5.74) is 0. The molecule has 96 valence electrons. The molecular formula is C10H17FN4O2. The van der Waals surface area contributed by atoms with Gasteiger partial charge < -0.3 is 20.1 Å². The smallest absolute Gasteiger partial charge is 0.224 e. The molecule has 0 aromatic carbocycles. The SMILES string of the molecule is CN(C)c1nc(NCCOCCO)ncc1F. The van der Waals surface area contributed by atoms with Crippen molar-refractivity contribution in [1.29, 1.82) is 0 Å². The zero-order valence-corrected chi connectivity index (χ0v) is 9.98. The summed E-state index contributed by atoms with van der Waals surface area (Å²) in [6, 6.07) is 0. The summed E-state index contributed by atoms with van der Waals surface area (Å²) < 4.78 is 18.3. The Morgan fingerprint density at radius 2 is 2.24 bits per heavy atom. The number of hydrogen-bond donors (Lipinski definition) is 2. The van der Waals surface area contributed by atoms with Crippen LogP contribution in [0.2, 0.25) is 0 Å². The number of aromatic nitrogens is 2. The van der Waals surface area contributed by atoms with Gasteiger partial charge in [-0.15, -0.1) is 0 Å². The van der Waals surface area contributed by atoms with Crippen molar-refractivity contribution < 1.29 is 14.2 Å². The van der Waals surface area contributed by atoms with Gasteiger partial charge in [0.25, 0.3) is 0 Å². The zero-order chi connectivity index (χ0) is 12.7. The molecule has 0 aliphatic heterocycles. The number of halogens is 1. The van der Waals surface area contributed by atoms with E-state index in [2.05, 4.69) is 15.3 Å². The Labute approximate surface area is 99.4 Å². The summed E-state index contributed by atoms with van der Waals surface area (Å²) >= 11 is 0. The fourth-order valence-electron chi connectivity index (χ4n) is 1.16. The van der Waals surface area contributed by atoms with E-state index in [-0.39, 0.29) is 12.4 Å². The predicted octanol–water partition coefficient (Wildman–Crippen LogP) is 0.102. The second kappa shape index (κ2) is 6.97. The van der Waals surface area contributed by atoms with Crippen LogP contribution in [0.5, 0.6) is 0 Å². The lowest BCUT2D eigenvalue weighted by molar-refractivity contribution is 0.0991. The van der Waals surface area contributed by atoms with Gasteiger partial charge in [0.1, 0.15) is 0 Å². The lowest BCUT2D eigenvalue weighted by Gasteiger charge is -2.13. The van der Waals surface area contributed by atoms with Crippen LogP contribution in [0.1, 0.15) is 0 Å². The van der Waals surface area contributed by atoms with E-state index in [1.165, 1.54) is 0 Å². The molecule has 0 radical (unpaired) electrons. The van der Waals surface area contributed by atoms with Gasteiger partial charge in [0.05, 0.1) is 26.0 Å². The van der Waals surface area contributed by atoms with Crippen molar-refractivity contribution in [3.63, 3.8) is 0 Å². The molecule has 1 aromatic rings. The number of aliphatic hydroxyl groups is 1. The highest BCUT2D eigenvalue weighted by Gasteiger charge is 2.07. The van der Waals surface area contributed by atoms with E-state index in [0.717, 1.165) is 6.20 Å². The summed E-state index contributed by atoms with van der Waals surface area (Å²) in [6.45, 7) is 1.23. The summed E-state index contributed by atoms with van der Waals surface area (Å²) in [7, 11) is 3.42. The molecule has 1 heterocycles. The molecule has 0 aliphatic rings. The van der Waals surface area contributed by atoms with E-state index in [4.69, 9.17) is 9.84 Å². The number of ether oxygens (including phenoxy) is 1. The summed E-state index contributed by atoms with van der Waals surface area (Å²) in [6.07, 6.45) is 1.12. The third kappa shape index (κ3) is 4.49. The molecule has 17 heavy (non-hydrogen) atoms. The molecule has 0 unspecified atom stereocenters. The highest BCUT2D eigenvalue weighted by molar-refractivity contribution is 5.42. The van der Waals surface area contributed by atoms with Gasteiger partial charge >= 0.3 is 0 Å². The predicted molar refractivity (Wildman–Crippen MR) is 62.7 cm³/mol. The van der Waals surface area contributed by atoms with Gasteiger partial charge in [-0.3, -0.25) is 0 Å². The summed E-state index contributed by atoms with van der Waals surface area (Å²) in [4.78, 5) is 9.40. The monoisotopic (exact) mass is 244 g/mol. The Morgan fingerprint density at radius 3 is 2.88 bits per heavy atom. The number of hydrogen-bond acceptors (Lipinski definition) is 6. The fourth-order valence-corrected chi connectivity index (χ4v) is 1.16. The highest BCUT2D eigenvalue weighted by Crippen LogP contribution is 2.13. The van der Waals surface area contributed by atoms with E-state index in [9.17, 15) is 4.39 Å². The summed E-state index contributed by atoms with van der Waals surface area (Å²) in [5.74, 6) is 0.124. The maximum Gasteiger partial charge on any atom is 0.224 e. The van der Waals surface area contributed by atoms with Crippen LogP contribution in [0.15, 0.2) is 6.20 Å². The number of anilines is 2. The molecule has 6 nitrogen and oxygen atoms in total. The van der Waals surface area contributed by atoms with E-state index in [1.54, 1.807) is 19.0 Å². The molecule has 1 aromatic heterocycles. The minimum Gasteiger partial charge on any atom is -0.394 e. The average molecular weight is 244 g/mol. The Bertz CT molecular complexity index is 349. The van der Waals surface area contributed by atoms with Crippen LogP contribution in [0, 0.1) is 5.82 Å². The Balaban J connectivity index is 2.46. The van der Waals surface area contributed by atoms with Crippen LogP contribution in [0.3, 0.4) is 0 Å². The maximum absolute atomic E-state index is 13.3. The van der Waals surface area contributed by atoms with Crippen LogP contribution in [0.4, 0.5) is 16.2 Å². The first-order valence-corrected chi connectivity index (χ1v) is 5.27. The molecule has 0 fully saturated rings. The largest absolute Gasteiger partial charge is 0.394 e. The van der Waals surface area contributed by atoms with Gasteiger partial charge in [-0.2, -0.15) is 4.98 Å². The van der Waals surface area contributed by atoms with Crippen molar-refractivity contribution in [1.82, 2.24) is 9.97 Å². The molecule has 2 N–H and O–H groups in total. The third-order valence-electron chi connectivity index (χ3n) is 1.91. The van der Waals surface area contributed by atoms with Crippen molar-refractivity contribution in [2.24, 2.45) is 0 Å². The van der Waals surface area contributed by atoms with Crippen molar-refractivity contribution in [2.75, 3.05) is 50.7 Å². The average Bonchev–Trinajstić information content (AvgIpc) is 2.30. The van der Waals surface area contributed by atoms with Crippen molar-refractivity contribution >= 4 is 11.8 Å². The molecule has 0 bridgehead atoms. The quantitative estimate of drug-likeness (QED) is 0.663. The van der Waals surface area contributed by atoms with Gasteiger partial charge in [-0.05, 0) is 0 Å². The molecular weight excluding hydrogens is 227 g/mol. The number of rotatable bonds is 7. The Kier molecular flexibility index (Phi) is 5.58. The topological polar surface area (TPSA) is 70.5 Å². The minimum absolute atomic E-state index is 0.00216. The number of nitrogens with zero attached hydrogens (tertiary/aromatic N) is 3. The van der Waals surface area contributed by atoms with Crippen molar-refractivity contribution in [3.05, 3.63) is 12.0 Å². The van der Waals surface area contributed by atoms with E-state index < -0.39 is 5.82 Å². The van der Waals surface area contributed by atoms with Gasteiger partial charge in [0.2, 0.25) is 5.95 Å². The van der Waals surface area contributed by atoms with Crippen LogP contribution in [-0.2, 0) is 4.74 Å². The molecule has 0 atom stereocenters. The first kappa shape index (κ1) is 13.6. The lowest BCUT2D eigenvalue weighted by Crippen LogP contribution is -2.17. The molecule has 0 saturated heterocycles. The van der Waals surface area contributed by atoms with Crippen LogP contribution in [-0.4, -0.2) is 55.5 Å². The van der Waals surface area contributed by atoms with Crippen LogP contribution < -0.4 is 10.2 Å². The second-order valence-electron chi connectivity index (χ2n) is 3.52. The zero-order valence-electron chi connectivity index (χ0n) is 9.98. The summed E-state index contributed by atoms with van der Waals surface area (Å²) in [5, 5.41) is 11.4. The number of nitrogens with one attached hydrogen (secondary N) is 1. The van der Waals surface area contributed by atoms with E-state index in [0.29, 0.717) is 25.7 Å². The first-order chi connectivity index (χ1) is 8.15. The normalized spacial score (nSPS) is 10.4. The molecule has 0 amide bonds.